The lowest BCUT2D eigenvalue weighted by Crippen LogP contribution is -2.45. The molecule has 27 heavy (non-hydrogen) atoms. The fraction of sp³-hybridized carbons (Fsp3) is 0.474. The molecule has 0 radical (unpaired) electrons. The van der Waals surface area contributed by atoms with Gasteiger partial charge in [0.15, 0.2) is 0 Å². The first-order chi connectivity index (χ1) is 12.9. The summed E-state index contributed by atoms with van der Waals surface area (Å²) in [5.74, 6) is 0.393. The third-order valence-electron chi connectivity index (χ3n) is 4.16. The minimum atomic E-state index is -0.754. The highest BCUT2D eigenvalue weighted by Crippen LogP contribution is 2.20. The fourth-order valence-corrected chi connectivity index (χ4v) is 2.50. The van der Waals surface area contributed by atoms with E-state index in [2.05, 4.69) is 29.3 Å². The molecule has 8 heteroatoms. The summed E-state index contributed by atoms with van der Waals surface area (Å²) >= 11 is 0. The van der Waals surface area contributed by atoms with E-state index in [0.29, 0.717) is 30.7 Å². The largest absolute Gasteiger partial charge is 0.385 e. The van der Waals surface area contributed by atoms with Gasteiger partial charge in [0.2, 0.25) is 23.5 Å². The number of nitrogens with one attached hydrogen (secondary N) is 1. The zero-order valence-electron chi connectivity index (χ0n) is 15.9. The number of aromatic nitrogens is 2. The first-order valence-corrected chi connectivity index (χ1v) is 8.91. The molecule has 0 fully saturated rings. The Balaban J connectivity index is 1.89. The topological polar surface area (TPSA) is 120 Å². The molecule has 0 aliphatic carbocycles. The van der Waals surface area contributed by atoms with Crippen LogP contribution in [0.25, 0.3) is 11.4 Å². The Morgan fingerprint density at radius 2 is 1.96 bits per heavy atom. The Kier molecular flexibility index (Phi) is 7.48. The Morgan fingerprint density at radius 3 is 2.56 bits per heavy atom. The van der Waals surface area contributed by atoms with Crippen molar-refractivity contribution in [3.8, 4) is 11.4 Å². The second-order valence-electron chi connectivity index (χ2n) is 6.59. The smallest absolute Gasteiger partial charge is 0.240 e. The van der Waals surface area contributed by atoms with Crippen molar-refractivity contribution in [1.29, 1.82) is 0 Å². The van der Waals surface area contributed by atoms with Gasteiger partial charge in [0.1, 0.15) is 6.04 Å². The maximum absolute atomic E-state index is 12.0. The lowest BCUT2D eigenvalue weighted by Gasteiger charge is -2.14. The molecule has 0 saturated carbocycles. The van der Waals surface area contributed by atoms with Gasteiger partial charge in [-0.25, -0.2) is 0 Å². The first-order valence-electron chi connectivity index (χ1n) is 8.91. The van der Waals surface area contributed by atoms with E-state index in [1.807, 2.05) is 24.3 Å². The van der Waals surface area contributed by atoms with Crippen molar-refractivity contribution in [2.75, 3.05) is 13.7 Å². The number of aryl methyl sites for hydroxylation is 1. The summed E-state index contributed by atoms with van der Waals surface area (Å²) < 4.78 is 10.1. The predicted molar refractivity (Wildman–Crippen MR) is 99.8 cm³/mol. The molecule has 2 amide bonds. The number of primary amides is 1. The first kappa shape index (κ1) is 20.6. The highest BCUT2D eigenvalue weighted by Gasteiger charge is 2.18. The summed E-state index contributed by atoms with van der Waals surface area (Å²) in [4.78, 5) is 27.7. The third kappa shape index (κ3) is 6.18. The van der Waals surface area contributed by atoms with Crippen LogP contribution in [-0.2, 0) is 20.7 Å². The van der Waals surface area contributed by atoms with Crippen LogP contribution in [0.3, 0.4) is 0 Å². The minimum absolute atomic E-state index is 0.116. The monoisotopic (exact) mass is 374 g/mol. The number of nitrogens with two attached hydrogens (primary N) is 1. The average molecular weight is 374 g/mol. The molecule has 3 N–H and O–H groups in total. The zero-order valence-corrected chi connectivity index (χ0v) is 15.9. The molecule has 1 heterocycles. The van der Waals surface area contributed by atoms with Crippen LogP contribution in [0.5, 0.6) is 0 Å². The second-order valence-corrected chi connectivity index (χ2v) is 6.59. The van der Waals surface area contributed by atoms with E-state index in [1.165, 1.54) is 12.7 Å². The van der Waals surface area contributed by atoms with Crippen LogP contribution < -0.4 is 11.1 Å². The van der Waals surface area contributed by atoms with Gasteiger partial charge in [0.05, 0.1) is 0 Å². The maximum atomic E-state index is 12.0. The van der Waals surface area contributed by atoms with Crippen LogP contribution in [0.1, 0.15) is 44.1 Å². The van der Waals surface area contributed by atoms with Crippen LogP contribution in [-0.4, -0.2) is 41.7 Å². The highest BCUT2D eigenvalue weighted by molar-refractivity contribution is 5.86. The highest BCUT2D eigenvalue weighted by atomic mass is 16.5. The van der Waals surface area contributed by atoms with Crippen molar-refractivity contribution in [2.45, 2.75) is 45.1 Å². The van der Waals surface area contributed by atoms with Crippen molar-refractivity contribution in [3.05, 3.63) is 35.7 Å². The Hall–Kier alpha value is -2.74. The van der Waals surface area contributed by atoms with Crippen LogP contribution >= 0.6 is 0 Å². The molecule has 0 saturated heterocycles. The van der Waals surface area contributed by atoms with Gasteiger partial charge < -0.3 is 20.3 Å². The summed E-state index contributed by atoms with van der Waals surface area (Å²) in [6.45, 7) is 4.59. The van der Waals surface area contributed by atoms with E-state index < -0.39 is 11.9 Å². The summed E-state index contributed by atoms with van der Waals surface area (Å²) in [5.41, 5.74) is 7.37. The fourth-order valence-electron chi connectivity index (χ4n) is 2.50. The molecule has 146 valence electrons. The molecule has 0 aliphatic rings. The van der Waals surface area contributed by atoms with Gasteiger partial charge in [-0.3, -0.25) is 9.59 Å². The SMILES string of the molecule is COCCC(NC(=O)CCc1nc(-c2ccc(C(C)C)cc2)no1)C(N)=O. The molecule has 1 atom stereocenters. The number of benzene rings is 1. The van der Waals surface area contributed by atoms with Crippen molar-refractivity contribution < 1.29 is 18.8 Å². The minimum Gasteiger partial charge on any atom is -0.385 e. The van der Waals surface area contributed by atoms with Gasteiger partial charge in [-0.2, -0.15) is 4.98 Å². The molecule has 2 aromatic rings. The van der Waals surface area contributed by atoms with Crippen molar-refractivity contribution in [3.63, 3.8) is 0 Å². The van der Waals surface area contributed by atoms with E-state index in [4.69, 9.17) is 15.0 Å². The number of methoxy groups -OCH3 is 1. The zero-order chi connectivity index (χ0) is 19.8. The van der Waals surface area contributed by atoms with E-state index in [-0.39, 0.29) is 18.7 Å². The third-order valence-corrected chi connectivity index (χ3v) is 4.16. The Labute approximate surface area is 158 Å². The molecular weight excluding hydrogens is 348 g/mol. The number of amides is 2. The quantitative estimate of drug-likeness (QED) is 0.654. The average Bonchev–Trinajstić information content (AvgIpc) is 3.12. The lowest BCUT2D eigenvalue weighted by molar-refractivity contribution is -0.127. The molecule has 1 unspecified atom stereocenters. The summed E-state index contributed by atoms with van der Waals surface area (Å²) in [6, 6.07) is 7.21. The molecule has 1 aromatic heterocycles. The number of nitrogens with zero attached hydrogens (tertiary/aromatic N) is 2. The molecule has 8 nitrogen and oxygen atoms in total. The standard InChI is InChI=1S/C19H26N4O4/c1-12(2)13-4-6-14(7-5-13)19-22-17(27-23-19)9-8-16(24)21-15(18(20)25)10-11-26-3/h4-7,12,15H,8-11H2,1-3H3,(H2,20,25)(H,21,24). The molecule has 0 spiro atoms. The van der Waals surface area contributed by atoms with Crippen LogP contribution in [0.4, 0.5) is 0 Å². The summed E-state index contributed by atoms with van der Waals surface area (Å²) in [6.07, 6.45) is 0.720. The molecule has 0 aliphatic heterocycles. The number of ether oxygens (including phenoxy) is 1. The number of carbonyl (C=O) groups is 2. The lowest BCUT2D eigenvalue weighted by atomic mass is 10.0. The normalized spacial score (nSPS) is 12.1. The van der Waals surface area contributed by atoms with Gasteiger partial charge in [0.25, 0.3) is 0 Å². The number of carbonyl (C=O) groups excluding carboxylic acids is 2. The second kappa shape index (κ2) is 9.82. The van der Waals surface area contributed by atoms with E-state index in [1.54, 1.807) is 0 Å². The van der Waals surface area contributed by atoms with E-state index >= 15 is 0 Å². The van der Waals surface area contributed by atoms with Gasteiger partial charge in [-0.1, -0.05) is 43.3 Å². The van der Waals surface area contributed by atoms with E-state index in [9.17, 15) is 9.59 Å². The molecular formula is C19H26N4O4. The Bertz CT molecular complexity index is 755. The Morgan fingerprint density at radius 1 is 1.26 bits per heavy atom. The van der Waals surface area contributed by atoms with Crippen LogP contribution in [0.2, 0.25) is 0 Å². The molecule has 0 bridgehead atoms. The number of hydrogen-bond donors (Lipinski definition) is 2. The van der Waals surface area contributed by atoms with Gasteiger partial charge in [-0.15, -0.1) is 0 Å². The summed E-state index contributed by atoms with van der Waals surface area (Å²) in [5, 5.41) is 6.55. The van der Waals surface area contributed by atoms with Crippen LogP contribution in [0.15, 0.2) is 28.8 Å². The predicted octanol–water partition coefficient (Wildman–Crippen LogP) is 1.80. The van der Waals surface area contributed by atoms with Crippen molar-refractivity contribution in [2.24, 2.45) is 5.73 Å². The number of hydrogen-bond acceptors (Lipinski definition) is 6. The van der Waals surface area contributed by atoms with Crippen molar-refractivity contribution >= 4 is 11.8 Å². The molecule has 1 aromatic carbocycles. The van der Waals surface area contributed by atoms with E-state index in [0.717, 1.165) is 5.56 Å². The molecule has 2 rings (SSSR count). The number of rotatable bonds is 10. The van der Waals surface area contributed by atoms with Gasteiger partial charge >= 0.3 is 0 Å². The van der Waals surface area contributed by atoms with Gasteiger partial charge in [0, 0.05) is 32.1 Å². The summed E-state index contributed by atoms with van der Waals surface area (Å²) in [7, 11) is 1.52. The maximum Gasteiger partial charge on any atom is 0.240 e. The van der Waals surface area contributed by atoms with Crippen molar-refractivity contribution in [1.82, 2.24) is 15.5 Å². The van der Waals surface area contributed by atoms with Crippen LogP contribution in [0, 0.1) is 0 Å². The van der Waals surface area contributed by atoms with Gasteiger partial charge in [-0.05, 0) is 17.9 Å².